The van der Waals surface area contributed by atoms with Gasteiger partial charge in [0.15, 0.2) is 0 Å². The number of rotatable bonds is 12. The molecule has 2 saturated heterocycles. The molecule has 5 atom stereocenters. The zero-order valence-corrected chi connectivity index (χ0v) is 33.8. The Morgan fingerprint density at radius 2 is 1.16 bits per heavy atom. The predicted molar refractivity (Wildman–Crippen MR) is 215 cm³/mol. The fourth-order valence-electron chi connectivity index (χ4n) is 7.53. The number of hydrogen-bond acceptors (Lipinski definition) is 9. The molecule has 2 aromatic carbocycles. The topological polar surface area (TPSA) is 175 Å². The van der Waals surface area contributed by atoms with Crippen LogP contribution in [-0.4, -0.2) is 105 Å². The maximum Gasteiger partial charge on any atom is 0.407 e. The van der Waals surface area contributed by atoms with Gasteiger partial charge in [0, 0.05) is 18.3 Å². The highest BCUT2D eigenvalue weighted by molar-refractivity contribution is 7.99. The Hall–Kier alpha value is -5.31. The molecule has 4 heterocycles. The molecule has 0 bridgehead atoms. The van der Waals surface area contributed by atoms with Crippen LogP contribution in [0.25, 0.3) is 33.6 Å². The Bertz CT molecular complexity index is 1990. The molecule has 2 aromatic heterocycles. The van der Waals surface area contributed by atoms with Crippen molar-refractivity contribution in [3.8, 4) is 33.6 Å². The standard InChI is InChI=1S/C41H52N8O6S/c1-23(2)34(46-40(52)54-5)38(50)48-18-8-9-32(48)36-42-20-30(44-36)27-14-10-25(11-15-27)26-12-16-28(17-13-26)31-21-43-37(45-31)33-19-29(56-7)22-49(33)39(51)35(24(3)4)47-41(53)55-6/h10-17,20-21,23-24,29,32-35H,8-9,18-19,22H2,1-7H3,(H,42,44)(H,43,45)(H,46,52)(H,47,53). The summed E-state index contributed by atoms with van der Waals surface area (Å²) in [5.74, 6) is 0.925. The van der Waals surface area contributed by atoms with Gasteiger partial charge in [-0.05, 0) is 59.6 Å². The lowest BCUT2D eigenvalue weighted by molar-refractivity contribution is -0.136. The first-order chi connectivity index (χ1) is 26.9. The molecule has 0 spiro atoms. The molecule has 0 saturated carbocycles. The molecular formula is C41H52N8O6S. The van der Waals surface area contributed by atoms with Crippen molar-refractivity contribution < 1.29 is 28.7 Å². The molecule has 6 rings (SSSR count). The molecule has 56 heavy (non-hydrogen) atoms. The second-order valence-corrected chi connectivity index (χ2v) is 16.2. The van der Waals surface area contributed by atoms with Crippen molar-refractivity contribution >= 4 is 35.8 Å². The number of methoxy groups -OCH3 is 2. The summed E-state index contributed by atoms with van der Waals surface area (Å²) in [4.78, 5) is 71.3. The number of likely N-dealkylation sites (tertiary alicyclic amines) is 2. The maximum absolute atomic E-state index is 13.8. The number of H-pyrrole nitrogens is 2. The number of thioether (sulfide) groups is 1. The molecule has 0 aliphatic carbocycles. The third-order valence-corrected chi connectivity index (χ3v) is 11.8. The highest BCUT2D eigenvalue weighted by Gasteiger charge is 2.41. The lowest BCUT2D eigenvalue weighted by Crippen LogP contribution is -2.51. The molecule has 4 aromatic rings. The van der Waals surface area contributed by atoms with Gasteiger partial charge in [-0.1, -0.05) is 76.2 Å². The third-order valence-electron chi connectivity index (χ3n) is 10.7. The summed E-state index contributed by atoms with van der Waals surface area (Å²) in [6.07, 6.45) is 6.78. The molecule has 0 radical (unpaired) electrons. The van der Waals surface area contributed by atoms with Gasteiger partial charge in [-0.15, -0.1) is 0 Å². The molecule has 2 fully saturated rings. The van der Waals surface area contributed by atoms with Gasteiger partial charge in [0.25, 0.3) is 0 Å². The van der Waals surface area contributed by atoms with Crippen molar-refractivity contribution in [2.75, 3.05) is 33.6 Å². The minimum absolute atomic E-state index is 0.106. The van der Waals surface area contributed by atoms with Crippen molar-refractivity contribution in [3.63, 3.8) is 0 Å². The van der Waals surface area contributed by atoms with Gasteiger partial charge >= 0.3 is 12.2 Å². The van der Waals surface area contributed by atoms with Crippen LogP contribution in [0.3, 0.4) is 0 Å². The molecule has 2 aliphatic heterocycles. The molecule has 2 aliphatic rings. The number of amides is 4. The average molecular weight is 785 g/mol. The van der Waals surface area contributed by atoms with Gasteiger partial charge in [-0.25, -0.2) is 19.6 Å². The number of ether oxygens (including phenoxy) is 2. The number of alkyl carbamates (subject to hydrolysis) is 2. The van der Waals surface area contributed by atoms with Crippen LogP contribution >= 0.6 is 11.8 Å². The van der Waals surface area contributed by atoms with Crippen LogP contribution in [0.1, 0.15) is 70.7 Å². The summed E-state index contributed by atoms with van der Waals surface area (Å²) >= 11 is 1.72. The monoisotopic (exact) mass is 784 g/mol. The second-order valence-electron chi connectivity index (χ2n) is 15.0. The number of imidazole rings is 2. The van der Waals surface area contributed by atoms with Gasteiger partial charge < -0.3 is 39.9 Å². The molecular weight excluding hydrogens is 733 g/mol. The van der Waals surface area contributed by atoms with Crippen LogP contribution in [-0.2, 0) is 19.1 Å². The highest BCUT2D eigenvalue weighted by Crippen LogP contribution is 2.38. The minimum Gasteiger partial charge on any atom is -0.453 e. The summed E-state index contributed by atoms with van der Waals surface area (Å²) in [5, 5.41) is 5.66. The van der Waals surface area contributed by atoms with E-state index in [9.17, 15) is 19.2 Å². The fraction of sp³-hybridized carbons (Fsp3) is 0.463. The Kier molecular flexibility index (Phi) is 12.7. The summed E-state index contributed by atoms with van der Waals surface area (Å²) in [7, 11) is 2.58. The summed E-state index contributed by atoms with van der Waals surface area (Å²) in [6.45, 7) is 8.77. The Balaban J connectivity index is 1.12. The normalized spacial score (nSPS) is 19.3. The van der Waals surface area contributed by atoms with Crippen LogP contribution in [0.2, 0.25) is 0 Å². The van der Waals surface area contributed by atoms with Gasteiger partial charge in [0.05, 0.1) is 50.1 Å². The summed E-state index contributed by atoms with van der Waals surface area (Å²) in [5.41, 5.74) is 5.76. The van der Waals surface area contributed by atoms with E-state index in [1.54, 1.807) is 22.9 Å². The Morgan fingerprint density at radius 3 is 1.61 bits per heavy atom. The van der Waals surface area contributed by atoms with E-state index >= 15 is 0 Å². The molecule has 4 N–H and O–H groups in total. The largest absolute Gasteiger partial charge is 0.453 e. The van der Waals surface area contributed by atoms with Gasteiger partial charge in [-0.2, -0.15) is 11.8 Å². The maximum atomic E-state index is 13.8. The van der Waals surface area contributed by atoms with E-state index in [1.165, 1.54) is 14.2 Å². The van der Waals surface area contributed by atoms with E-state index in [0.29, 0.717) is 13.1 Å². The van der Waals surface area contributed by atoms with E-state index < -0.39 is 24.3 Å². The lowest BCUT2D eigenvalue weighted by Gasteiger charge is -2.30. The van der Waals surface area contributed by atoms with Crippen molar-refractivity contribution in [3.05, 3.63) is 72.6 Å². The SMILES string of the molecule is COC(=O)NC(C(=O)N1CCCC1c1ncc(-c2ccc(-c3ccc(-c4cnc(C5CC(SC)CN5C(=O)C(NC(=O)OC)C(C)C)[nH]4)cc3)cc2)[nH]1)C(C)C. The van der Waals surface area contributed by atoms with E-state index in [2.05, 4.69) is 74.1 Å². The number of carbonyl (C=O) groups is 4. The smallest absolute Gasteiger partial charge is 0.407 e. The summed E-state index contributed by atoms with van der Waals surface area (Å²) in [6, 6.07) is 14.7. The van der Waals surface area contributed by atoms with Crippen LogP contribution in [0.4, 0.5) is 9.59 Å². The van der Waals surface area contributed by atoms with Crippen molar-refractivity contribution in [2.24, 2.45) is 11.8 Å². The van der Waals surface area contributed by atoms with Crippen LogP contribution in [0.15, 0.2) is 60.9 Å². The van der Waals surface area contributed by atoms with Crippen molar-refractivity contribution in [1.29, 1.82) is 0 Å². The molecule has 14 nitrogen and oxygen atoms in total. The van der Waals surface area contributed by atoms with Crippen molar-refractivity contribution in [2.45, 2.75) is 76.4 Å². The fourth-order valence-corrected chi connectivity index (χ4v) is 8.22. The number of aromatic nitrogens is 4. The number of carbonyl (C=O) groups excluding carboxylic acids is 4. The van der Waals surface area contributed by atoms with Gasteiger partial charge in [0.2, 0.25) is 11.8 Å². The van der Waals surface area contributed by atoms with Crippen LogP contribution in [0, 0.1) is 11.8 Å². The Morgan fingerprint density at radius 1 is 0.714 bits per heavy atom. The Labute approximate surface area is 331 Å². The van der Waals surface area contributed by atoms with Crippen molar-refractivity contribution in [1.82, 2.24) is 40.4 Å². The average Bonchev–Trinajstić information content (AvgIpc) is 4.04. The second kappa shape index (κ2) is 17.7. The van der Waals surface area contributed by atoms with E-state index in [1.807, 2.05) is 45.0 Å². The first kappa shape index (κ1) is 40.4. The number of nitrogens with zero attached hydrogens (tertiary/aromatic N) is 4. The molecule has 15 heteroatoms. The molecule has 5 unspecified atom stereocenters. The summed E-state index contributed by atoms with van der Waals surface area (Å²) < 4.78 is 9.54. The molecule has 4 amide bonds. The number of benzene rings is 2. The molecule has 298 valence electrons. The van der Waals surface area contributed by atoms with Crippen LogP contribution in [0.5, 0.6) is 0 Å². The van der Waals surface area contributed by atoms with Gasteiger partial charge in [0.1, 0.15) is 23.7 Å². The zero-order valence-electron chi connectivity index (χ0n) is 33.0. The lowest BCUT2D eigenvalue weighted by atomic mass is 10.0. The van der Waals surface area contributed by atoms with Crippen LogP contribution < -0.4 is 10.6 Å². The van der Waals surface area contributed by atoms with Gasteiger partial charge in [-0.3, -0.25) is 9.59 Å². The third kappa shape index (κ3) is 8.72. The zero-order chi connectivity index (χ0) is 40.1. The first-order valence-corrected chi connectivity index (χ1v) is 20.3. The quantitative estimate of drug-likeness (QED) is 0.124. The first-order valence-electron chi connectivity index (χ1n) is 19.1. The minimum atomic E-state index is -0.708. The predicted octanol–water partition coefficient (Wildman–Crippen LogP) is 6.56. The highest BCUT2D eigenvalue weighted by atomic mass is 32.2. The number of nitrogens with one attached hydrogen (secondary N) is 4. The number of hydrogen-bond donors (Lipinski definition) is 4. The van der Waals surface area contributed by atoms with E-state index in [0.717, 1.165) is 64.6 Å². The van der Waals surface area contributed by atoms with E-state index in [4.69, 9.17) is 14.5 Å². The number of aromatic amines is 2. The van der Waals surface area contributed by atoms with E-state index in [-0.39, 0.29) is 41.0 Å².